The summed E-state index contributed by atoms with van der Waals surface area (Å²) in [6, 6.07) is 9.96. The maximum atomic E-state index is 11.6. The number of benzene rings is 2. The summed E-state index contributed by atoms with van der Waals surface area (Å²) in [7, 11) is 0. The highest BCUT2D eigenvalue weighted by Gasteiger charge is 2.14. The molecule has 0 saturated carbocycles. The number of hydrogen-bond acceptors (Lipinski definition) is 6. The van der Waals surface area contributed by atoms with E-state index < -0.39 is 0 Å². The lowest BCUT2D eigenvalue weighted by Crippen LogP contribution is -2.17. The molecule has 2 N–H and O–H groups in total. The van der Waals surface area contributed by atoms with Crippen molar-refractivity contribution < 1.29 is 29.3 Å². The first kappa shape index (κ1) is 26.0. The van der Waals surface area contributed by atoms with Crippen LogP contribution >= 0.6 is 0 Å². The van der Waals surface area contributed by atoms with Gasteiger partial charge in [0.2, 0.25) is 0 Å². The van der Waals surface area contributed by atoms with E-state index >= 15 is 0 Å². The molecule has 31 heavy (non-hydrogen) atoms. The zero-order valence-electron chi connectivity index (χ0n) is 19.3. The monoisotopic (exact) mass is 430 g/mol. The molecule has 0 spiro atoms. The van der Waals surface area contributed by atoms with Crippen molar-refractivity contribution in [2.24, 2.45) is 11.8 Å². The van der Waals surface area contributed by atoms with Crippen molar-refractivity contribution in [1.29, 1.82) is 0 Å². The van der Waals surface area contributed by atoms with E-state index in [4.69, 9.17) is 14.6 Å². The molecule has 2 aromatic carbocycles. The highest BCUT2D eigenvalue weighted by molar-refractivity contribution is 5.75. The molecule has 0 aromatic heterocycles. The number of esters is 2. The van der Waals surface area contributed by atoms with Gasteiger partial charge < -0.3 is 19.7 Å². The van der Waals surface area contributed by atoms with Gasteiger partial charge in [-0.2, -0.15) is 0 Å². The summed E-state index contributed by atoms with van der Waals surface area (Å²) < 4.78 is 10.3. The van der Waals surface area contributed by atoms with Crippen LogP contribution in [0.4, 0.5) is 0 Å². The van der Waals surface area contributed by atoms with Gasteiger partial charge in [0.1, 0.15) is 23.9 Å². The van der Waals surface area contributed by atoms with E-state index in [1.165, 1.54) is 0 Å². The van der Waals surface area contributed by atoms with Gasteiger partial charge in [0.25, 0.3) is 0 Å². The maximum Gasteiger partial charge on any atom is 0.314 e. The van der Waals surface area contributed by atoms with Crippen molar-refractivity contribution in [2.45, 2.75) is 61.0 Å². The van der Waals surface area contributed by atoms with Crippen molar-refractivity contribution >= 4 is 11.9 Å². The van der Waals surface area contributed by atoms with Crippen LogP contribution in [-0.2, 0) is 20.9 Å². The second kappa shape index (κ2) is 12.6. The Labute approximate surface area is 184 Å². The van der Waals surface area contributed by atoms with Crippen molar-refractivity contribution in [2.75, 3.05) is 0 Å². The lowest BCUT2D eigenvalue weighted by molar-refractivity contribution is -0.149. The van der Waals surface area contributed by atoms with Crippen LogP contribution in [-0.4, -0.2) is 22.2 Å². The van der Waals surface area contributed by atoms with Crippen LogP contribution in [0.3, 0.4) is 0 Å². The molecular weight excluding hydrogens is 396 g/mol. The number of carbonyl (C=O) groups excluding carboxylic acids is 2. The summed E-state index contributed by atoms with van der Waals surface area (Å²) in [5, 5.41) is 18.6. The number of phenolic OH excluding ortho intramolecular Hbond substituents is 2. The summed E-state index contributed by atoms with van der Waals surface area (Å²) in [4.78, 5) is 22.9. The molecule has 0 radical (unpaired) electrons. The van der Waals surface area contributed by atoms with E-state index in [2.05, 4.69) is 0 Å². The quantitative estimate of drug-likeness (QED) is 0.449. The number of rotatable bonds is 7. The van der Waals surface area contributed by atoms with Gasteiger partial charge in [0, 0.05) is 0 Å². The van der Waals surface area contributed by atoms with Gasteiger partial charge in [-0.3, -0.25) is 9.59 Å². The molecule has 2 aromatic rings. The average Bonchev–Trinajstić information content (AvgIpc) is 2.75. The Balaban J connectivity index is 0.000000311. The van der Waals surface area contributed by atoms with E-state index in [0.717, 1.165) is 18.4 Å². The van der Waals surface area contributed by atoms with Crippen molar-refractivity contribution in [3.05, 3.63) is 53.1 Å². The van der Waals surface area contributed by atoms with E-state index in [-0.39, 0.29) is 41.9 Å². The molecule has 0 amide bonds. The van der Waals surface area contributed by atoms with Gasteiger partial charge in [-0.25, -0.2) is 0 Å². The zero-order chi connectivity index (χ0) is 23.6. The Kier molecular flexibility index (Phi) is 10.6. The van der Waals surface area contributed by atoms with Crippen molar-refractivity contribution in [3.8, 4) is 17.2 Å². The fourth-order valence-corrected chi connectivity index (χ4v) is 2.41. The first-order chi connectivity index (χ1) is 14.6. The van der Waals surface area contributed by atoms with Crippen LogP contribution in [0, 0.1) is 25.7 Å². The fourth-order valence-electron chi connectivity index (χ4n) is 2.41. The van der Waals surface area contributed by atoms with Crippen molar-refractivity contribution in [3.63, 3.8) is 0 Å². The largest absolute Gasteiger partial charge is 0.508 e. The maximum absolute atomic E-state index is 11.6. The third-order valence-electron chi connectivity index (χ3n) is 5.03. The first-order valence-electron chi connectivity index (χ1n) is 10.5. The standard InChI is InChI=1S/C13H18O3.C12H16O3/c1-5-8(2)13(15)16-11-6-9(3)12(14)10(4)7-11;1-3-9(2)12(14)15-8-10-4-6-11(13)7-5-10/h6-8,14H,5H2,1-4H3;4-7,9,13H,3,8H2,1-2H3. The lowest BCUT2D eigenvalue weighted by atomic mass is 10.1. The van der Waals surface area contributed by atoms with Gasteiger partial charge >= 0.3 is 11.9 Å². The Morgan fingerprint density at radius 3 is 1.84 bits per heavy atom. The molecule has 6 nitrogen and oxygen atoms in total. The van der Waals surface area contributed by atoms with Crippen molar-refractivity contribution in [1.82, 2.24) is 0 Å². The van der Waals surface area contributed by atoms with Gasteiger partial charge in [-0.15, -0.1) is 0 Å². The summed E-state index contributed by atoms with van der Waals surface area (Å²) in [6.07, 6.45) is 1.54. The van der Waals surface area contributed by atoms with E-state index in [1.54, 1.807) is 50.2 Å². The van der Waals surface area contributed by atoms with Gasteiger partial charge in [-0.1, -0.05) is 39.8 Å². The predicted molar refractivity (Wildman–Crippen MR) is 120 cm³/mol. The first-order valence-corrected chi connectivity index (χ1v) is 10.5. The summed E-state index contributed by atoms with van der Waals surface area (Å²) >= 11 is 0. The van der Waals surface area contributed by atoms with Crippen LogP contribution in [0.2, 0.25) is 0 Å². The highest BCUT2D eigenvalue weighted by atomic mass is 16.5. The van der Waals surface area contributed by atoms with Crippen LogP contribution in [0.15, 0.2) is 36.4 Å². The third-order valence-corrected chi connectivity index (χ3v) is 5.03. The van der Waals surface area contributed by atoms with E-state index in [0.29, 0.717) is 16.9 Å². The van der Waals surface area contributed by atoms with E-state index in [1.807, 2.05) is 27.7 Å². The molecule has 0 fully saturated rings. The molecule has 170 valence electrons. The highest BCUT2D eigenvalue weighted by Crippen LogP contribution is 2.27. The number of hydrogen-bond donors (Lipinski definition) is 2. The molecule has 0 heterocycles. The fraction of sp³-hybridized carbons (Fsp3) is 0.440. The number of aromatic hydroxyl groups is 2. The number of carbonyl (C=O) groups is 2. The molecule has 2 unspecified atom stereocenters. The topological polar surface area (TPSA) is 93.1 Å². The second-order valence-corrected chi connectivity index (χ2v) is 7.72. The third kappa shape index (κ3) is 8.70. The minimum absolute atomic E-state index is 0.0536. The van der Waals surface area contributed by atoms with Gasteiger partial charge in [0.15, 0.2) is 0 Å². The number of ether oxygens (including phenoxy) is 2. The van der Waals surface area contributed by atoms with Gasteiger partial charge in [-0.05, 0) is 67.6 Å². The average molecular weight is 431 g/mol. The normalized spacial score (nSPS) is 12.2. The molecule has 0 aliphatic rings. The van der Waals surface area contributed by atoms with Crippen LogP contribution < -0.4 is 4.74 Å². The van der Waals surface area contributed by atoms with E-state index in [9.17, 15) is 14.7 Å². The molecule has 2 atom stereocenters. The number of phenols is 2. The molecule has 0 saturated heterocycles. The molecular formula is C25H34O6. The molecule has 2 rings (SSSR count). The summed E-state index contributed by atoms with van der Waals surface area (Å²) in [6.45, 7) is 11.4. The Bertz CT molecular complexity index is 834. The van der Waals surface area contributed by atoms with Crippen LogP contribution in [0.5, 0.6) is 17.2 Å². The Morgan fingerprint density at radius 1 is 0.871 bits per heavy atom. The second-order valence-electron chi connectivity index (χ2n) is 7.72. The minimum Gasteiger partial charge on any atom is -0.508 e. The number of aryl methyl sites for hydroxylation is 2. The Morgan fingerprint density at radius 2 is 1.35 bits per heavy atom. The molecule has 0 aliphatic carbocycles. The molecule has 0 aliphatic heterocycles. The minimum atomic E-state index is -0.230. The molecule has 6 heteroatoms. The Hall–Kier alpha value is -3.02. The molecule has 0 bridgehead atoms. The van der Waals surface area contributed by atoms with Gasteiger partial charge in [0.05, 0.1) is 11.8 Å². The predicted octanol–water partition coefficient (Wildman–Crippen LogP) is 5.44. The zero-order valence-corrected chi connectivity index (χ0v) is 19.3. The van der Waals surface area contributed by atoms with Crippen LogP contribution in [0.25, 0.3) is 0 Å². The van der Waals surface area contributed by atoms with Crippen LogP contribution in [0.1, 0.15) is 57.2 Å². The SMILES string of the molecule is CCC(C)C(=O)OCc1ccc(O)cc1.CCC(C)C(=O)Oc1cc(C)c(O)c(C)c1. The lowest BCUT2D eigenvalue weighted by Gasteiger charge is -2.11. The smallest absolute Gasteiger partial charge is 0.314 e. The summed E-state index contributed by atoms with van der Waals surface area (Å²) in [5.41, 5.74) is 2.31. The summed E-state index contributed by atoms with van der Waals surface area (Å²) in [5.74, 6) is 0.405.